The van der Waals surface area contributed by atoms with Crippen molar-refractivity contribution in [2.75, 3.05) is 5.32 Å². The second-order valence-corrected chi connectivity index (χ2v) is 4.67. The zero-order chi connectivity index (χ0) is 13.8. The van der Waals surface area contributed by atoms with Crippen LogP contribution in [0.15, 0.2) is 18.2 Å². The summed E-state index contributed by atoms with van der Waals surface area (Å²) in [5.41, 5.74) is 1.95. The summed E-state index contributed by atoms with van der Waals surface area (Å²) in [7, 11) is 0. The van der Waals surface area contributed by atoms with Gasteiger partial charge in [-0.1, -0.05) is 25.1 Å². The van der Waals surface area contributed by atoms with Gasteiger partial charge in [0.25, 0.3) is 0 Å². The summed E-state index contributed by atoms with van der Waals surface area (Å²) >= 11 is 0. The number of amides is 2. The van der Waals surface area contributed by atoms with Gasteiger partial charge >= 0.3 is 0 Å². The first-order valence-electron chi connectivity index (χ1n) is 6.03. The van der Waals surface area contributed by atoms with Gasteiger partial charge in [-0.05, 0) is 38.3 Å². The SMILES string of the molecule is CC[C@@](C)(NC=O)C(=O)Nc1c(C)cccc1C. The normalized spacial score (nSPS) is 13.6. The summed E-state index contributed by atoms with van der Waals surface area (Å²) in [6.45, 7) is 7.46. The lowest BCUT2D eigenvalue weighted by Crippen LogP contribution is -2.51. The molecule has 18 heavy (non-hydrogen) atoms. The fraction of sp³-hybridized carbons (Fsp3) is 0.429. The lowest BCUT2D eigenvalue weighted by molar-refractivity contribution is -0.125. The van der Waals surface area contributed by atoms with E-state index >= 15 is 0 Å². The van der Waals surface area contributed by atoms with Crippen LogP contribution in [0.5, 0.6) is 0 Å². The Bertz CT molecular complexity index is 437. The molecule has 0 aliphatic heterocycles. The Labute approximate surface area is 108 Å². The molecule has 0 aromatic heterocycles. The first-order valence-corrected chi connectivity index (χ1v) is 6.03. The lowest BCUT2D eigenvalue weighted by atomic mass is 9.97. The number of anilines is 1. The van der Waals surface area contributed by atoms with Crippen molar-refractivity contribution in [3.63, 3.8) is 0 Å². The van der Waals surface area contributed by atoms with Crippen molar-refractivity contribution in [1.29, 1.82) is 0 Å². The van der Waals surface area contributed by atoms with E-state index in [1.165, 1.54) is 0 Å². The standard InChI is InChI=1S/C14H20N2O2/c1-5-14(4,15-9-17)13(18)16-12-10(2)7-6-8-11(12)3/h6-9H,5H2,1-4H3,(H,15,17)(H,16,18)/t14-/m1/s1. The molecule has 1 rings (SSSR count). The molecule has 0 aliphatic carbocycles. The van der Waals surface area contributed by atoms with Gasteiger partial charge in [0.05, 0.1) is 0 Å². The number of aryl methyl sites for hydroxylation is 2. The molecule has 0 spiro atoms. The topological polar surface area (TPSA) is 58.2 Å². The van der Waals surface area contributed by atoms with Gasteiger partial charge in [-0.2, -0.15) is 0 Å². The van der Waals surface area contributed by atoms with Gasteiger partial charge in [0.2, 0.25) is 12.3 Å². The molecule has 0 heterocycles. The molecule has 1 aromatic carbocycles. The highest BCUT2D eigenvalue weighted by Gasteiger charge is 2.30. The number of hydrogen-bond acceptors (Lipinski definition) is 2. The van der Waals surface area contributed by atoms with E-state index in [-0.39, 0.29) is 5.91 Å². The number of carbonyl (C=O) groups excluding carboxylic acids is 2. The van der Waals surface area contributed by atoms with Crippen LogP contribution in [-0.4, -0.2) is 17.9 Å². The summed E-state index contributed by atoms with van der Waals surface area (Å²) in [6, 6.07) is 5.83. The number of para-hydroxylation sites is 1. The van der Waals surface area contributed by atoms with Crippen molar-refractivity contribution in [3.8, 4) is 0 Å². The zero-order valence-corrected chi connectivity index (χ0v) is 11.3. The van der Waals surface area contributed by atoms with E-state index in [1.807, 2.05) is 39.0 Å². The van der Waals surface area contributed by atoms with E-state index in [1.54, 1.807) is 6.92 Å². The van der Waals surface area contributed by atoms with E-state index in [0.717, 1.165) is 16.8 Å². The molecule has 4 nitrogen and oxygen atoms in total. The van der Waals surface area contributed by atoms with E-state index in [0.29, 0.717) is 12.8 Å². The van der Waals surface area contributed by atoms with Crippen molar-refractivity contribution in [1.82, 2.24) is 5.32 Å². The molecule has 0 bridgehead atoms. The maximum Gasteiger partial charge on any atom is 0.249 e. The molecule has 0 saturated carbocycles. The average Bonchev–Trinajstić information content (AvgIpc) is 2.34. The number of nitrogens with one attached hydrogen (secondary N) is 2. The number of carbonyl (C=O) groups is 2. The van der Waals surface area contributed by atoms with E-state index in [2.05, 4.69) is 10.6 Å². The largest absolute Gasteiger partial charge is 0.345 e. The average molecular weight is 248 g/mol. The highest BCUT2D eigenvalue weighted by Crippen LogP contribution is 2.21. The maximum absolute atomic E-state index is 12.2. The molecule has 0 radical (unpaired) electrons. The van der Waals surface area contributed by atoms with Crippen LogP contribution in [0.25, 0.3) is 0 Å². The van der Waals surface area contributed by atoms with Crippen LogP contribution < -0.4 is 10.6 Å². The van der Waals surface area contributed by atoms with Crippen molar-refractivity contribution in [2.24, 2.45) is 0 Å². The summed E-state index contributed by atoms with van der Waals surface area (Å²) in [5, 5.41) is 5.47. The van der Waals surface area contributed by atoms with Crippen LogP contribution in [0.4, 0.5) is 5.69 Å². The molecular formula is C14H20N2O2. The molecule has 4 heteroatoms. The first-order chi connectivity index (χ1) is 8.44. The molecule has 98 valence electrons. The monoisotopic (exact) mass is 248 g/mol. The minimum absolute atomic E-state index is 0.200. The first kappa shape index (κ1) is 14.2. The third-order valence-electron chi connectivity index (χ3n) is 3.31. The third-order valence-corrected chi connectivity index (χ3v) is 3.31. The maximum atomic E-state index is 12.2. The molecule has 2 amide bonds. The second kappa shape index (κ2) is 5.67. The molecule has 0 unspecified atom stereocenters. The Morgan fingerprint density at radius 2 is 1.89 bits per heavy atom. The van der Waals surface area contributed by atoms with Crippen LogP contribution in [0.2, 0.25) is 0 Å². The smallest absolute Gasteiger partial charge is 0.249 e. The molecule has 1 aromatic rings. The van der Waals surface area contributed by atoms with Gasteiger partial charge < -0.3 is 10.6 Å². The zero-order valence-electron chi connectivity index (χ0n) is 11.3. The van der Waals surface area contributed by atoms with Crippen molar-refractivity contribution >= 4 is 18.0 Å². The Kier molecular flexibility index (Phi) is 4.48. The highest BCUT2D eigenvalue weighted by atomic mass is 16.2. The van der Waals surface area contributed by atoms with Crippen LogP contribution in [-0.2, 0) is 9.59 Å². The van der Waals surface area contributed by atoms with Crippen LogP contribution in [0, 0.1) is 13.8 Å². The molecular weight excluding hydrogens is 228 g/mol. The predicted molar refractivity (Wildman–Crippen MR) is 72.4 cm³/mol. The summed E-state index contributed by atoms with van der Waals surface area (Å²) in [6.07, 6.45) is 1.09. The number of hydrogen-bond donors (Lipinski definition) is 2. The van der Waals surface area contributed by atoms with Gasteiger partial charge in [-0.3, -0.25) is 9.59 Å². The van der Waals surface area contributed by atoms with Crippen LogP contribution in [0.1, 0.15) is 31.4 Å². The van der Waals surface area contributed by atoms with Crippen molar-refractivity contribution < 1.29 is 9.59 Å². The predicted octanol–water partition coefficient (Wildman–Crippen LogP) is 2.16. The second-order valence-electron chi connectivity index (χ2n) is 4.67. The number of rotatable bonds is 5. The fourth-order valence-electron chi connectivity index (χ4n) is 1.72. The van der Waals surface area contributed by atoms with E-state index in [9.17, 15) is 9.59 Å². The van der Waals surface area contributed by atoms with Gasteiger partial charge in [0.15, 0.2) is 0 Å². The van der Waals surface area contributed by atoms with Gasteiger partial charge in [-0.25, -0.2) is 0 Å². The van der Waals surface area contributed by atoms with Crippen molar-refractivity contribution in [3.05, 3.63) is 29.3 Å². The Hall–Kier alpha value is -1.84. The van der Waals surface area contributed by atoms with Crippen LogP contribution >= 0.6 is 0 Å². The molecule has 0 aliphatic rings. The Balaban J connectivity index is 2.97. The molecule has 2 N–H and O–H groups in total. The highest BCUT2D eigenvalue weighted by molar-refractivity contribution is 5.99. The minimum atomic E-state index is -0.879. The molecule has 0 saturated heterocycles. The van der Waals surface area contributed by atoms with Crippen molar-refractivity contribution in [2.45, 2.75) is 39.7 Å². The fourth-order valence-corrected chi connectivity index (χ4v) is 1.72. The van der Waals surface area contributed by atoms with Crippen LogP contribution in [0.3, 0.4) is 0 Å². The van der Waals surface area contributed by atoms with Gasteiger partial charge in [0.1, 0.15) is 5.54 Å². The van der Waals surface area contributed by atoms with Gasteiger partial charge in [-0.15, -0.1) is 0 Å². The Morgan fingerprint density at radius 3 is 2.33 bits per heavy atom. The Morgan fingerprint density at radius 1 is 1.33 bits per heavy atom. The lowest BCUT2D eigenvalue weighted by Gasteiger charge is -2.27. The van der Waals surface area contributed by atoms with E-state index < -0.39 is 5.54 Å². The van der Waals surface area contributed by atoms with E-state index in [4.69, 9.17) is 0 Å². The summed E-state index contributed by atoms with van der Waals surface area (Å²) in [4.78, 5) is 22.8. The summed E-state index contributed by atoms with van der Waals surface area (Å²) in [5.74, 6) is -0.200. The summed E-state index contributed by atoms with van der Waals surface area (Å²) < 4.78 is 0. The van der Waals surface area contributed by atoms with Gasteiger partial charge in [0, 0.05) is 5.69 Å². The quantitative estimate of drug-likeness (QED) is 0.784. The third kappa shape index (κ3) is 2.88. The minimum Gasteiger partial charge on any atom is -0.345 e. The molecule has 1 atom stereocenters. The number of benzene rings is 1. The molecule has 0 fully saturated rings.